The summed E-state index contributed by atoms with van der Waals surface area (Å²) in [6, 6.07) is 15.8. The predicted molar refractivity (Wildman–Crippen MR) is 132 cm³/mol. The minimum Gasteiger partial charge on any atom is -0.477 e. The van der Waals surface area contributed by atoms with Gasteiger partial charge < -0.3 is 20.5 Å². The average Bonchev–Trinajstić information content (AvgIpc) is 3.44. The molecule has 4 rings (SSSR count). The summed E-state index contributed by atoms with van der Waals surface area (Å²) in [5.41, 5.74) is 4.58. The van der Waals surface area contributed by atoms with E-state index in [-0.39, 0.29) is 42.2 Å². The number of nitrogens with one attached hydrogen (secondary N) is 2. The number of aromatic nitrogens is 1. The van der Waals surface area contributed by atoms with E-state index >= 15 is 0 Å². The van der Waals surface area contributed by atoms with E-state index in [2.05, 4.69) is 39.9 Å². The molecule has 0 aliphatic heterocycles. The summed E-state index contributed by atoms with van der Waals surface area (Å²) in [5, 5.41) is 15.0. The highest BCUT2D eigenvalue weighted by molar-refractivity contribution is 7.13. The summed E-state index contributed by atoms with van der Waals surface area (Å²) in [7, 11) is 0. The number of carbonyl (C=O) groups is 3. The molecule has 1 aliphatic carbocycles. The number of alkyl carbamates (subject to hydrolysis) is 1. The molecule has 3 N–H and O–H groups in total. The van der Waals surface area contributed by atoms with Crippen LogP contribution in [0.15, 0.2) is 54.7 Å². The Bertz CT molecular complexity index is 1190. The lowest BCUT2D eigenvalue weighted by Gasteiger charge is -2.22. The molecular formula is C26H27N3O5S. The molecule has 1 atom stereocenters. The molecular weight excluding hydrogens is 466 g/mol. The third-order valence-corrected chi connectivity index (χ3v) is 7.04. The SMILES string of the molecule is CC(C)C(CC(=O)NCc1ncc(C(=O)O)s1)NC(=O)OCC1c2ccccc2-c2ccccc21. The van der Waals surface area contributed by atoms with Gasteiger partial charge in [0.25, 0.3) is 0 Å². The van der Waals surface area contributed by atoms with Gasteiger partial charge in [-0.15, -0.1) is 11.3 Å². The van der Waals surface area contributed by atoms with Gasteiger partial charge >= 0.3 is 12.1 Å². The van der Waals surface area contributed by atoms with Crippen molar-refractivity contribution in [3.05, 3.63) is 75.7 Å². The Balaban J connectivity index is 1.31. The van der Waals surface area contributed by atoms with Crippen LogP contribution in [-0.2, 0) is 16.1 Å². The van der Waals surface area contributed by atoms with E-state index in [4.69, 9.17) is 9.84 Å². The smallest absolute Gasteiger partial charge is 0.407 e. The number of aromatic carboxylic acids is 1. The quantitative estimate of drug-likeness (QED) is 0.406. The van der Waals surface area contributed by atoms with Gasteiger partial charge in [0.1, 0.15) is 16.5 Å². The van der Waals surface area contributed by atoms with Crippen LogP contribution < -0.4 is 10.6 Å². The lowest BCUT2D eigenvalue weighted by Crippen LogP contribution is -2.42. The standard InChI is InChI=1S/C26H27N3O5S/c1-15(2)21(11-23(30)27-13-24-28-12-22(35-24)25(31)32)29-26(33)34-14-20-18-9-5-3-7-16(18)17-8-4-6-10-19(17)20/h3-10,12,15,20-21H,11,13-14H2,1-2H3,(H,27,30)(H,29,33)(H,31,32). The first-order chi connectivity index (χ1) is 16.8. The molecule has 1 unspecified atom stereocenters. The zero-order valence-corrected chi connectivity index (χ0v) is 20.3. The van der Waals surface area contributed by atoms with Gasteiger partial charge in [-0.3, -0.25) is 4.79 Å². The van der Waals surface area contributed by atoms with Crippen LogP contribution in [0.25, 0.3) is 11.1 Å². The van der Waals surface area contributed by atoms with Gasteiger partial charge in [0.15, 0.2) is 0 Å². The fourth-order valence-corrected chi connectivity index (χ4v) is 4.88. The van der Waals surface area contributed by atoms with Gasteiger partial charge in [-0.1, -0.05) is 62.4 Å². The van der Waals surface area contributed by atoms with Crippen LogP contribution >= 0.6 is 11.3 Å². The number of carboxylic acid groups (broad SMARTS) is 1. The molecule has 9 heteroatoms. The molecule has 2 aromatic carbocycles. The Morgan fingerprint density at radius 1 is 1.06 bits per heavy atom. The maximum absolute atomic E-state index is 12.6. The second-order valence-electron chi connectivity index (χ2n) is 8.72. The number of nitrogens with zero attached hydrogens (tertiary/aromatic N) is 1. The highest BCUT2D eigenvalue weighted by Crippen LogP contribution is 2.44. The predicted octanol–water partition coefficient (Wildman–Crippen LogP) is 4.41. The summed E-state index contributed by atoms with van der Waals surface area (Å²) in [5.74, 6) is -1.36. The molecule has 182 valence electrons. The molecule has 35 heavy (non-hydrogen) atoms. The van der Waals surface area contributed by atoms with Crippen LogP contribution in [0, 0.1) is 5.92 Å². The number of carboxylic acids is 1. The normalized spacial score (nSPS) is 13.1. The molecule has 0 spiro atoms. The summed E-state index contributed by atoms with van der Waals surface area (Å²) in [6.07, 6.45) is 0.771. The molecule has 0 fully saturated rings. The van der Waals surface area contributed by atoms with Crippen LogP contribution in [-0.4, -0.2) is 40.7 Å². The lowest BCUT2D eigenvalue weighted by atomic mass is 9.98. The fraction of sp³-hybridized carbons (Fsp3) is 0.308. The number of amides is 2. The topological polar surface area (TPSA) is 118 Å². The van der Waals surface area contributed by atoms with Crippen LogP contribution in [0.3, 0.4) is 0 Å². The van der Waals surface area contributed by atoms with Gasteiger partial charge in [0.05, 0.1) is 12.7 Å². The van der Waals surface area contributed by atoms with Gasteiger partial charge in [-0.25, -0.2) is 14.6 Å². The van der Waals surface area contributed by atoms with E-state index in [1.165, 1.54) is 6.20 Å². The van der Waals surface area contributed by atoms with Crippen molar-refractivity contribution >= 4 is 29.3 Å². The minimum atomic E-state index is -1.05. The molecule has 8 nitrogen and oxygen atoms in total. The van der Waals surface area contributed by atoms with Crippen LogP contribution in [0.5, 0.6) is 0 Å². The third kappa shape index (κ3) is 5.68. The number of thiazole rings is 1. The number of carbonyl (C=O) groups excluding carboxylic acids is 2. The van der Waals surface area contributed by atoms with E-state index in [0.717, 1.165) is 33.6 Å². The second kappa shape index (κ2) is 10.7. The van der Waals surface area contributed by atoms with Crippen molar-refractivity contribution in [2.45, 2.75) is 38.8 Å². The largest absolute Gasteiger partial charge is 0.477 e. The summed E-state index contributed by atoms with van der Waals surface area (Å²) in [6.45, 7) is 4.17. The molecule has 3 aromatic rings. The Hall–Kier alpha value is -3.72. The van der Waals surface area contributed by atoms with E-state index in [1.807, 2.05) is 38.1 Å². The highest BCUT2D eigenvalue weighted by atomic mass is 32.1. The molecule has 2 amide bonds. The van der Waals surface area contributed by atoms with E-state index in [9.17, 15) is 14.4 Å². The first-order valence-electron chi connectivity index (χ1n) is 11.4. The first-order valence-corrected chi connectivity index (χ1v) is 12.2. The molecule has 0 bridgehead atoms. The Labute approximate surface area is 207 Å². The number of benzene rings is 2. The van der Waals surface area contributed by atoms with E-state index in [0.29, 0.717) is 5.01 Å². The van der Waals surface area contributed by atoms with Crippen molar-refractivity contribution in [2.75, 3.05) is 6.61 Å². The Morgan fingerprint density at radius 3 is 2.26 bits per heavy atom. The van der Waals surface area contributed by atoms with Gasteiger partial charge in [0, 0.05) is 18.4 Å². The fourth-order valence-electron chi connectivity index (χ4n) is 4.18. The van der Waals surface area contributed by atoms with Crippen molar-refractivity contribution < 1.29 is 24.2 Å². The van der Waals surface area contributed by atoms with Crippen molar-refractivity contribution in [3.63, 3.8) is 0 Å². The second-order valence-corrected chi connectivity index (χ2v) is 9.84. The molecule has 1 heterocycles. The summed E-state index contributed by atoms with van der Waals surface area (Å²) in [4.78, 5) is 40.2. The molecule has 1 aromatic heterocycles. The Kier molecular flexibility index (Phi) is 7.45. The van der Waals surface area contributed by atoms with Gasteiger partial charge in [0.2, 0.25) is 5.91 Å². The average molecular weight is 494 g/mol. The van der Waals surface area contributed by atoms with Crippen molar-refractivity contribution in [1.29, 1.82) is 0 Å². The number of hydrogen-bond acceptors (Lipinski definition) is 6. The van der Waals surface area contributed by atoms with Crippen LogP contribution in [0.1, 0.15) is 52.0 Å². The summed E-state index contributed by atoms with van der Waals surface area (Å²) >= 11 is 1.01. The van der Waals surface area contributed by atoms with Crippen molar-refractivity contribution in [3.8, 4) is 11.1 Å². The maximum atomic E-state index is 12.6. The number of ether oxygens (including phenoxy) is 1. The van der Waals surface area contributed by atoms with Gasteiger partial charge in [-0.2, -0.15) is 0 Å². The van der Waals surface area contributed by atoms with E-state index in [1.54, 1.807) is 0 Å². The monoisotopic (exact) mass is 493 g/mol. The minimum absolute atomic E-state index is 0.000270. The van der Waals surface area contributed by atoms with E-state index < -0.39 is 18.1 Å². The third-order valence-electron chi connectivity index (χ3n) is 6.06. The zero-order chi connectivity index (χ0) is 24.9. The number of fused-ring (bicyclic) bond motifs is 3. The maximum Gasteiger partial charge on any atom is 0.407 e. The zero-order valence-electron chi connectivity index (χ0n) is 19.5. The first kappa shape index (κ1) is 24.4. The molecule has 0 saturated carbocycles. The number of rotatable bonds is 9. The van der Waals surface area contributed by atoms with Gasteiger partial charge in [-0.05, 0) is 28.2 Å². The highest BCUT2D eigenvalue weighted by Gasteiger charge is 2.29. The van der Waals surface area contributed by atoms with Crippen molar-refractivity contribution in [2.24, 2.45) is 5.92 Å². The van der Waals surface area contributed by atoms with Crippen LogP contribution in [0.2, 0.25) is 0 Å². The van der Waals surface area contributed by atoms with Crippen molar-refractivity contribution in [1.82, 2.24) is 15.6 Å². The lowest BCUT2D eigenvalue weighted by molar-refractivity contribution is -0.121. The van der Waals surface area contributed by atoms with Crippen LogP contribution in [0.4, 0.5) is 4.79 Å². The number of hydrogen-bond donors (Lipinski definition) is 3. The molecule has 0 radical (unpaired) electrons. The molecule has 1 aliphatic rings. The molecule has 0 saturated heterocycles. The Morgan fingerprint density at radius 2 is 1.69 bits per heavy atom. The summed E-state index contributed by atoms with van der Waals surface area (Å²) < 4.78 is 5.61.